The van der Waals surface area contributed by atoms with Gasteiger partial charge in [0.2, 0.25) is 5.91 Å². The molecule has 3 N–H and O–H groups in total. The second kappa shape index (κ2) is 6.38. The van der Waals surface area contributed by atoms with Crippen LogP contribution in [0.1, 0.15) is 18.0 Å². The van der Waals surface area contributed by atoms with Gasteiger partial charge in [-0.3, -0.25) is 4.79 Å². The van der Waals surface area contributed by atoms with Gasteiger partial charge in [-0.1, -0.05) is 30.3 Å². The maximum atomic E-state index is 12.3. The summed E-state index contributed by atoms with van der Waals surface area (Å²) in [6.07, 6.45) is 0.235. The molecule has 1 aliphatic heterocycles. The summed E-state index contributed by atoms with van der Waals surface area (Å²) >= 11 is 0. The lowest BCUT2D eigenvalue weighted by atomic mass is 10.1. The molecule has 108 valence electrons. The molecule has 1 aromatic rings. The van der Waals surface area contributed by atoms with Gasteiger partial charge in [-0.05, 0) is 12.0 Å². The number of amides is 2. The molecule has 1 saturated heterocycles. The van der Waals surface area contributed by atoms with E-state index < -0.39 is 12.1 Å². The van der Waals surface area contributed by atoms with Crippen molar-refractivity contribution < 1.29 is 14.3 Å². The number of hydrogen-bond donors (Lipinski definition) is 2. The maximum absolute atomic E-state index is 12.3. The summed E-state index contributed by atoms with van der Waals surface area (Å²) in [4.78, 5) is 25.1. The van der Waals surface area contributed by atoms with Gasteiger partial charge in [0.05, 0.1) is 13.2 Å². The summed E-state index contributed by atoms with van der Waals surface area (Å²) in [6.45, 7) is 1.06. The van der Waals surface area contributed by atoms with Crippen LogP contribution in [0.3, 0.4) is 0 Å². The lowest BCUT2D eigenvalue weighted by Gasteiger charge is -2.21. The second-order valence-electron chi connectivity index (χ2n) is 4.79. The number of nitrogens with two attached hydrogens (primary N) is 1. The van der Waals surface area contributed by atoms with Crippen molar-refractivity contribution in [2.45, 2.75) is 18.5 Å². The number of carbonyl (C=O) groups excluding carboxylic acids is 2. The van der Waals surface area contributed by atoms with Crippen molar-refractivity contribution in [1.82, 2.24) is 10.2 Å². The van der Waals surface area contributed by atoms with Crippen LogP contribution in [0.2, 0.25) is 0 Å². The van der Waals surface area contributed by atoms with Gasteiger partial charge >= 0.3 is 6.09 Å². The third-order valence-electron chi connectivity index (χ3n) is 3.43. The van der Waals surface area contributed by atoms with Gasteiger partial charge in [-0.2, -0.15) is 0 Å². The molecule has 0 spiro atoms. The monoisotopic (exact) mass is 277 g/mol. The van der Waals surface area contributed by atoms with Gasteiger partial charge in [-0.25, -0.2) is 4.79 Å². The highest BCUT2D eigenvalue weighted by Gasteiger charge is 2.30. The molecule has 1 heterocycles. The largest absolute Gasteiger partial charge is 0.453 e. The SMILES string of the molecule is COC(=O)NC1CCN(C(=O)[C@H](N)c2ccccc2)C1. The van der Waals surface area contributed by atoms with Crippen molar-refractivity contribution in [3.63, 3.8) is 0 Å². The standard InChI is InChI=1S/C14H19N3O3/c1-20-14(19)16-11-7-8-17(9-11)13(18)12(15)10-5-3-2-4-6-10/h2-6,11-12H,7-9,15H2,1H3,(H,16,19)/t11?,12-/m1/s1. The number of nitrogens with zero attached hydrogens (tertiary/aromatic N) is 1. The van der Waals surface area contributed by atoms with E-state index in [-0.39, 0.29) is 11.9 Å². The highest BCUT2D eigenvalue weighted by Crippen LogP contribution is 2.17. The molecule has 2 atom stereocenters. The molecule has 6 heteroatoms. The topological polar surface area (TPSA) is 84.7 Å². The Morgan fingerprint density at radius 1 is 1.40 bits per heavy atom. The summed E-state index contributed by atoms with van der Waals surface area (Å²) in [5, 5.41) is 2.70. The zero-order chi connectivity index (χ0) is 14.5. The van der Waals surface area contributed by atoms with E-state index in [1.807, 2.05) is 30.3 Å². The smallest absolute Gasteiger partial charge is 0.407 e. The van der Waals surface area contributed by atoms with Gasteiger partial charge in [-0.15, -0.1) is 0 Å². The molecule has 6 nitrogen and oxygen atoms in total. The minimum Gasteiger partial charge on any atom is -0.453 e. The fraction of sp³-hybridized carbons (Fsp3) is 0.429. The summed E-state index contributed by atoms with van der Waals surface area (Å²) in [7, 11) is 1.32. The number of alkyl carbamates (subject to hydrolysis) is 1. The van der Waals surface area contributed by atoms with E-state index in [4.69, 9.17) is 5.73 Å². The zero-order valence-electron chi connectivity index (χ0n) is 11.4. The number of carbonyl (C=O) groups is 2. The second-order valence-corrected chi connectivity index (χ2v) is 4.79. The first-order chi connectivity index (χ1) is 9.61. The summed E-state index contributed by atoms with van der Waals surface area (Å²) in [6, 6.07) is 8.53. The van der Waals surface area contributed by atoms with E-state index in [2.05, 4.69) is 10.1 Å². The van der Waals surface area contributed by atoms with Gasteiger partial charge in [0.15, 0.2) is 0 Å². The van der Waals surface area contributed by atoms with Crippen LogP contribution in [-0.4, -0.2) is 43.1 Å². The highest BCUT2D eigenvalue weighted by atomic mass is 16.5. The maximum Gasteiger partial charge on any atom is 0.407 e. The molecular formula is C14H19N3O3. The fourth-order valence-corrected chi connectivity index (χ4v) is 2.30. The molecular weight excluding hydrogens is 258 g/mol. The summed E-state index contributed by atoms with van der Waals surface area (Å²) in [5.74, 6) is -0.120. The van der Waals surface area contributed by atoms with Crippen molar-refractivity contribution >= 4 is 12.0 Å². The van der Waals surface area contributed by atoms with Crippen molar-refractivity contribution in [2.24, 2.45) is 5.73 Å². The first-order valence-electron chi connectivity index (χ1n) is 6.55. The van der Waals surface area contributed by atoms with Crippen LogP contribution in [0.4, 0.5) is 4.79 Å². The number of nitrogens with one attached hydrogen (secondary N) is 1. The molecule has 0 aromatic heterocycles. The Morgan fingerprint density at radius 2 is 2.10 bits per heavy atom. The zero-order valence-corrected chi connectivity index (χ0v) is 11.4. The fourth-order valence-electron chi connectivity index (χ4n) is 2.30. The lowest BCUT2D eigenvalue weighted by Crippen LogP contribution is -2.41. The number of methoxy groups -OCH3 is 1. The molecule has 0 aliphatic carbocycles. The average molecular weight is 277 g/mol. The first-order valence-corrected chi connectivity index (χ1v) is 6.55. The van der Waals surface area contributed by atoms with Crippen molar-refractivity contribution in [1.29, 1.82) is 0 Å². The molecule has 0 saturated carbocycles. The average Bonchev–Trinajstić information content (AvgIpc) is 2.95. The number of rotatable bonds is 3. The number of hydrogen-bond acceptors (Lipinski definition) is 4. The van der Waals surface area contributed by atoms with Crippen LogP contribution in [0, 0.1) is 0 Å². The molecule has 1 unspecified atom stereocenters. The Hall–Kier alpha value is -2.08. The normalized spacial score (nSPS) is 19.5. The Bertz CT molecular complexity index is 478. The Morgan fingerprint density at radius 3 is 2.75 bits per heavy atom. The van der Waals surface area contributed by atoms with Crippen LogP contribution in [-0.2, 0) is 9.53 Å². The Labute approximate surface area is 117 Å². The number of ether oxygens (including phenoxy) is 1. The van der Waals surface area contributed by atoms with Gasteiger partial charge in [0.1, 0.15) is 6.04 Å². The molecule has 1 aromatic carbocycles. The van der Waals surface area contributed by atoms with E-state index in [1.165, 1.54) is 7.11 Å². The Kier molecular flexibility index (Phi) is 4.57. The van der Waals surface area contributed by atoms with Gasteiger partial charge in [0.25, 0.3) is 0 Å². The molecule has 0 bridgehead atoms. The van der Waals surface area contributed by atoms with Crippen molar-refractivity contribution in [3.05, 3.63) is 35.9 Å². The quantitative estimate of drug-likeness (QED) is 0.849. The van der Waals surface area contributed by atoms with Gasteiger partial charge in [0, 0.05) is 13.1 Å². The number of benzene rings is 1. The highest BCUT2D eigenvalue weighted by molar-refractivity contribution is 5.83. The van der Waals surface area contributed by atoms with E-state index >= 15 is 0 Å². The minimum absolute atomic E-state index is 0.0747. The summed E-state index contributed by atoms with van der Waals surface area (Å²) in [5.41, 5.74) is 6.78. The molecule has 2 rings (SSSR count). The van der Waals surface area contributed by atoms with Crippen LogP contribution in [0.15, 0.2) is 30.3 Å². The predicted octanol–water partition coefficient (Wildman–Crippen LogP) is 0.643. The van der Waals surface area contributed by atoms with E-state index in [0.717, 1.165) is 5.56 Å². The minimum atomic E-state index is -0.659. The van der Waals surface area contributed by atoms with Crippen LogP contribution in [0.25, 0.3) is 0 Å². The van der Waals surface area contributed by atoms with E-state index in [0.29, 0.717) is 19.5 Å². The van der Waals surface area contributed by atoms with Crippen LogP contribution < -0.4 is 11.1 Å². The van der Waals surface area contributed by atoms with Crippen molar-refractivity contribution in [3.8, 4) is 0 Å². The van der Waals surface area contributed by atoms with Crippen molar-refractivity contribution in [2.75, 3.05) is 20.2 Å². The van der Waals surface area contributed by atoms with E-state index in [9.17, 15) is 9.59 Å². The first kappa shape index (κ1) is 14.3. The van der Waals surface area contributed by atoms with Crippen LogP contribution >= 0.6 is 0 Å². The Balaban J connectivity index is 1.93. The third-order valence-corrected chi connectivity index (χ3v) is 3.43. The van der Waals surface area contributed by atoms with Gasteiger partial charge < -0.3 is 20.7 Å². The predicted molar refractivity (Wildman–Crippen MR) is 73.9 cm³/mol. The van der Waals surface area contributed by atoms with E-state index in [1.54, 1.807) is 4.90 Å². The third kappa shape index (κ3) is 3.27. The molecule has 1 fully saturated rings. The van der Waals surface area contributed by atoms with Crippen LogP contribution in [0.5, 0.6) is 0 Å². The number of likely N-dealkylation sites (tertiary alicyclic amines) is 1. The lowest BCUT2D eigenvalue weighted by molar-refractivity contribution is -0.131. The molecule has 2 amide bonds. The molecule has 0 radical (unpaired) electrons. The summed E-state index contributed by atoms with van der Waals surface area (Å²) < 4.78 is 4.55. The molecule has 20 heavy (non-hydrogen) atoms. The molecule has 1 aliphatic rings.